The molecule has 0 aromatic rings. The summed E-state index contributed by atoms with van der Waals surface area (Å²) in [5.74, 6) is 0. The number of carbonyl (C=O) groups is 1. The Bertz CT molecular complexity index is 333. The molecule has 0 saturated carbocycles. The number of unbranched alkanes of at least 4 members (excludes halogenated alkanes) is 1. The zero-order valence-corrected chi connectivity index (χ0v) is 11.7. The molecule has 0 atom stereocenters. The molecule has 0 aliphatic heterocycles. The van der Waals surface area contributed by atoms with E-state index in [0.29, 0.717) is 25.9 Å². The fraction of sp³-hybridized carbons (Fsp3) is 0.900. The van der Waals surface area contributed by atoms with E-state index >= 15 is 0 Å². The summed E-state index contributed by atoms with van der Waals surface area (Å²) in [4.78, 5) is 11.2. The van der Waals surface area contributed by atoms with Crippen molar-refractivity contribution in [3.63, 3.8) is 0 Å². The number of amides is 1. The lowest BCUT2D eigenvalue weighted by Gasteiger charge is -2.19. The number of ether oxygens (including phenoxy) is 1. The molecule has 0 aromatic carbocycles. The van der Waals surface area contributed by atoms with Crippen molar-refractivity contribution in [1.82, 2.24) is 10.0 Å². The molecule has 0 saturated heterocycles. The summed E-state index contributed by atoms with van der Waals surface area (Å²) in [6.45, 7) is 6.24. The Labute approximate surface area is 103 Å². The van der Waals surface area contributed by atoms with Crippen LogP contribution in [0.3, 0.4) is 0 Å². The van der Waals surface area contributed by atoms with Gasteiger partial charge in [-0.15, -0.1) is 0 Å². The third-order valence-electron chi connectivity index (χ3n) is 1.64. The second-order valence-corrected chi connectivity index (χ2v) is 6.64. The highest BCUT2D eigenvalue weighted by Gasteiger charge is 2.15. The first-order valence-electron chi connectivity index (χ1n) is 5.52. The van der Waals surface area contributed by atoms with E-state index in [1.807, 2.05) is 0 Å². The van der Waals surface area contributed by atoms with E-state index in [9.17, 15) is 13.2 Å². The van der Waals surface area contributed by atoms with E-state index in [2.05, 4.69) is 10.0 Å². The van der Waals surface area contributed by atoms with Gasteiger partial charge in [0.15, 0.2) is 0 Å². The highest BCUT2D eigenvalue weighted by atomic mass is 32.2. The van der Waals surface area contributed by atoms with Gasteiger partial charge >= 0.3 is 6.09 Å². The summed E-state index contributed by atoms with van der Waals surface area (Å²) in [5, 5.41) is 2.60. The molecule has 0 unspecified atom stereocenters. The first kappa shape index (κ1) is 16.2. The zero-order valence-electron chi connectivity index (χ0n) is 10.9. The van der Waals surface area contributed by atoms with Gasteiger partial charge < -0.3 is 10.1 Å². The van der Waals surface area contributed by atoms with Gasteiger partial charge in [-0.1, -0.05) is 0 Å². The third-order valence-corrected chi connectivity index (χ3v) is 2.36. The highest BCUT2D eigenvalue weighted by molar-refractivity contribution is 7.88. The topological polar surface area (TPSA) is 84.5 Å². The minimum atomic E-state index is -3.11. The summed E-state index contributed by atoms with van der Waals surface area (Å²) in [7, 11) is -3.11. The van der Waals surface area contributed by atoms with E-state index in [1.165, 1.54) is 0 Å². The molecule has 2 N–H and O–H groups in total. The summed E-state index contributed by atoms with van der Waals surface area (Å²) in [6, 6.07) is 0. The van der Waals surface area contributed by atoms with Crippen LogP contribution in [-0.2, 0) is 14.8 Å². The number of sulfonamides is 1. The fourth-order valence-corrected chi connectivity index (χ4v) is 1.53. The van der Waals surface area contributed by atoms with Crippen LogP contribution in [-0.4, -0.2) is 39.5 Å². The number of hydrogen-bond donors (Lipinski definition) is 2. The molecule has 7 heteroatoms. The molecule has 1 amide bonds. The lowest BCUT2D eigenvalue weighted by atomic mass is 10.2. The van der Waals surface area contributed by atoms with Crippen molar-refractivity contribution in [1.29, 1.82) is 0 Å². The predicted octanol–water partition coefficient (Wildman–Crippen LogP) is 0.841. The minimum absolute atomic E-state index is 0.384. The highest BCUT2D eigenvalue weighted by Crippen LogP contribution is 2.06. The van der Waals surface area contributed by atoms with Crippen LogP contribution in [0.25, 0.3) is 0 Å². The number of rotatable bonds is 6. The Kier molecular flexibility index (Phi) is 6.48. The monoisotopic (exact) mass is 266 g/mol. The second kappa shape index (κ2) is 6.80. The van der Waals surface area contributed by atoms with Crippen molar-refractivity contribution < 1.29 is 17.9 Å². The molecule has 6 nitrogen and oxygen atoms in total. The Morgan fingerprint density at radius 3 is 2.18 bits per heavy atom. The average molecular weight is 266 g/mol. The van der Waals surface area contributed by atoms with Gasteiger partial charge in [-0.25, -0.2) is 17.9 Å². The van der Waals surface area contributed by atoms with Gasteiger partial charge in [-0.05, 0) is 33.6 Å². The molecule has 0 fully saturated rings. The summed E-state index contributed by atoms with van der Waals surface area (Å²) in [5.41, 5.74) is -0.498. The van der Waals surface area contributed by atoms with E-state index < -0.39 is 21.7 Å². The van der Waals surface area contributed by atoms with Crippen LogP contribution in [0.15, 0.2) is 0 Å². The van der Waals surface area contributed by atoms with E-state index in [0.717, 1.165) is 6.26 Å². The van der Waals surface area contributed by atoms with Crippen LogP contribution < -0.4 is 10.0 Å². The van der Waals surface area contributed by atoms with Gasteiger partial charge in [0.2, 0.25) is 10.0 Å². The fourth-order valence-electron chi connectivity index (χ4n) is 1.01. The molecule has 0 radical (unpaired) electrons. The van der Waals surface area contributed by atoms with Gasteiger partial charge in [-0.3, -0.25) is 0 Å². The molecule has 17 heavy (non-hydrogen) atoms. The standard InChI is InChI=1S/C10H22N2O4S/c1-10(2,3)16-9(13)11-7-5-6-8-12-17(4,14)15/h12H,5-8H2,1-4H3,(H,11,13). The lowest BCUT2D eigenvalue weighted by Crippen LogP contribution is -2.33. The van der Waals surface area contributed by atoms with E-state index in [4.69, 9.17) is 4.74 Å². The summed E-state index contributed by atoms with van der Waals surface area (Å²) >= 11 is 0. The number of alkyl carbamates (subject to hydrolysis) is 1. The smallest absolute Gasteiger partial charge is 0.407 e. The Morgan fingerprint density at radius 1 is 1.18 bits per heavy atom. The third kappa shape index (κ3) is 13.1. The second-order valence-electron chi connectivity index (χ2n) is 4.80. The molecule has 102 valence electrons. The van der Waals surface area contributed by atoms with Gasteiger partial charge in [-0.2, -0.15) is 0 Å². The van der Waals surface area contributed by atoms with Crippen molar-refractivity contribution in [3.8, 4) is 0 Å². The maximum atomic E-state index is 11.2. The number of hydrogen-bond acceptors (Lipinski definition) is 4. The number of carbonyl (C=O) groups excluding carboxylic acids is 1. The quantitative estimate of drug-likeness (QED) is 0.698. The van der Waals surface area contributed by atoms with Crippen molar-refractivity contribution in [2.45, 2.75) is 39.2 Å². The summed E-state index contributed by atoms with van der Waals surface area (Å²) < 4.78 is 28.9. The van der Waals surface area contributed by atoms with Crippen LogP contribution in [0.2, 0.25) is 0 Å². The largest absolute Gasteiger partial charge is 0.444 e. The molecular weight excluding hydrogens is 244 g/mol. The van der Waals surface area contributed by atoms with Gasteiger partial charge in [0.1, 0.15) is 5.60 Å². The first-order valence-corrected chi connectivity index (χ1v) is 7.41. The predicted molar refractivity (Wildman–Crippen MR) is 66.3 cm³/mol. The van der Waals surface area contributed by atoms with Crippen LogP contribution in [0.4, 0.5) is 4.79 Å². The van der Waals surface area contributed by atoms with Crippen LogP contribution in [0, 0.1) is 0 Å². The maximum absolute atomic E-state index is 11.2. The molecular formula is C10H22N2O4S. The van der Waals surface area contributed by atoms with Crippen LogP contribution in [0.1, 0.15) is 33.6 Å². The summed E-state index contributed by atoms with van der Waals surface area (Å²) in [6.07, 6.45) is 2.03. The minimum Gasteiger partial charge on any atom is -0.444 e. The Hall–Kier alpha value is -0.820. The molecule has 0 heterocycles. The molecule has 0 rings (SSSR count). The van der Waals surface area contributed by atoms with Gasteiger partial charge in [0.25, 0.3) is 0 Å². The molecule has 0 spiro atoms. The lowest BCUT2D eigenvalue weighted by molar-refractivity contribution is 0.0527. The molecule has 0 aromatic heterocycles. The molecule has 0 aliphatic carbocycles. The average Bonchev–Trinajstić information content (AvgIpc) is 2.06. The first-order chi connectivity index (χ1) is 7.60. The SMILES string of the molecule is CC(C)(C)OC(=O)NCCCCNS(C)(=O)=O. The van der Waals surface area contributed by atoms with Crippen molar-refractivity contribution in [2.24, 2.45) is 0 Å². The van der Waals surface area contributed by atoms with Gasteiger partial charge in [0, 0.05) is 13.1 Å². The van der Waals surface area contributed by atoms with E-state index in [-0.39, 0.29) is 0 Å². The number of nitrogens with one attached hydrogen (secondary N) is 2. The Balaban J connectivity index is 3.50. The zero-order chi connectivity index (χ0) is 13.5. The van der Waals surface area contributed by atoms with Crippen molar-refractivity contribution >= 4 is 16.1 Å². The normalized spacial score (nSPS) is 12.2. The van der Waals surface area contributed by atoms with E-state index in [1.54, 1.807) is 20.8 Å². The van der Waals surface area contributed by atoms with Crippen molar-refractivity contribution in [2.75, 3.05) is 19.3 Å². The molecule has 0 aliphatic rings. The maximum Gasteiger partial charge on any atom is 0.407 e. The van der Waals surface area contributed by atoms with Gasteiger partial charge in [0.05, 0.1) is 6.26 Å². The van der Waals surface area contributed by atoms with Crippen molar-refractivity contribution in [3.05, 3.63) is 0 Å². The van der Waals surface area contributed by atoms with Crippen LogP contribution in [0.5, 0.6) is 0 Å². The van der Waals surface area contributed by atoms with Crippen LogP contribution >= 0.6 is 0 Å². The Morgan fingerprint density at radius 2 is 1.71 bits per heavy atom. The molecule has 0 bridgehead atoms.